The van der Waals surface area contributed by atoms with Crippen LogP contribution in [0, 0.1) is 5.82 Å². The number of unbranched alkanes of at least 4 members (excludes halogenated alkanes) is 1. The third-order valence-electron chi connectivity index (χ3n) is 5.29. The molecule has 5 heteroatoms. The standard InChI is InChI=1S/C21H35FN4/c1-5-23-20(24-14-8-9-15-26(4)17(2)3)25-16-21(12-13-21)18-10-6-7-11-19(18)22/h6-7,10-11,17H,5,8-9,12-16H2,1-4H3,(H2,23,24,25). The maximum Gasteiger partial charge on any atom is 0.191 e. The summed E-state index contributed by atoms with van der Waals surface area (Å²) >= 11 is 0. The van der Waals surface area contributed by atoms with Crippen LogP contribution in [0.1, 0.15) is 52.0 Å². The molecule has 26 heavy (non-hydrogen) atoms. The van der Waals surface area contributed by atoms with Gasteiger partial charge in [0, 0.05) is 24.5 Å². The maximum atomic E-state index is 14.1. The van der Waals surface area contributed by atoms with Crippen LogP contribution in [-0.4, -0.2) is 50.1 Å². The van der Waals surface area contributed by atoms with E-state index in [0.717, 1.165) is 50.4 Å². The molecule has 1 aliphatic carbocycles. The molecule has 0 amide bonds. The summed E-state index contributed by atoms with van der Waals surface area (Å²) in [6.45, 7) is 10.00. The fourth-order valence-corrected chi connectivity index (χ4v) is 3.08. The van der Waals surface area contributed by atoms with Gasteiger partial charge in [0.25, 0.3) is 0 Å². The van der Waals surface area contributed by atoms with Gasteiger partial charge in [-0.15, -0.1) is 0 Å². The Hall–Kier alpha value is -1.62. The largest absolute Gasteiger partial charge is 0.357 e. The monoisotopic (exact) mass is 362 g/mol. The number of aliphatic imine (C=N–C) groups is 1. The van der Waals surface area contributed by atoms with Crippen molar-refractivity contribution in [2.45, 2.75) is 57.9 Å². The highest BCUT2D eigenvalue weighted by molar-refractivity contribution is 5.79. The lowest BCUT2D eigenvalue weighted by Crippen LogP contribution is -2.38. The van der Waals surface area contributed by atoms with E-state index in [9.17, 15) is 4.39 Å². The zero-order chi connectivity index (χ0) is 19.0. The summed E-state index contributed by atoms with van der Waals surface area (Å²) < 4.78 is 14.1. The SMILES string of the molecule is CCNC(=NCC1(c2ccccc2F)CC1)NCCCCN(C)C(C)C. The predicted octanol–water partition coefficient (Wildman–Crippen LogP) is 3.53. The molecule has 0 heterocycles. The minimum atomic E-state index is -0.104. The van der Waals surface area contributed by atoms with Crippen molar-refractivity contribution in [3.05, 3.63) is 35.6 Å². The minimum Gasteiger partial charge on any atom is -0.357 e. The number of hydrogen-bond acceptors (Lipinski definition) is 2. The van der Waals surface area contributed by atoms with Gasteiger partial charge in [0.2, 0.25) is 0 Å². The first-order valence-electron chi connectivity index (χ1n) is 9.96. The van der Waals surface area contributed by atoms with Gasteiger partial charge in [-0.25, -0.2) is 4.39 Å². The van der Waals surface area contributed by atoms with Crippen LogP contribution in [0.5, 0.6) is 0 Å². The second kappa shape index (κ2) is 9.91. The first-order valence-corrected chi connectivity index (χ1v) is 9.96. The van der Waals surface area contributed by atoms with Gasteiger partial charge in [0.1, 0.15) is 5.82 Å². The molecule has 0 atom stereocenters. The number of rotatable bonds is 10. The van der Waals surface area contributed by atoms with E-state index in [1.165, 1.54) is 6.42 Å². The Balaban J connectivity index is 1.82. The van der Waals surface area contributed by atoms with Gasteiger partial charge in [-0.3, -0.25) is 4.99 Å². The molecular weight excluding hydrogens is 327 g/mol. The van der Waals surface area contributed by atoms with E-state index in [1.54, 1.807) is 12.1 Å². The van der Waals surface area contributed by atoms with Crippen molar-refractivity contribution < 1.29 is 4.39 Å². The Morgan fingerprint density at radius 3 is 2.58 bits per heavy atom. The van der Waals surface area contributed by atoms with E-state index in [2.05, 4.69) is 43.4 Å². The van der Waals surface area contributed by atoms with Crippen LogP contribution < -0.4 is 10.6 Å². The number of nitrogens with zero attached hydrogens (tertiary/aromatic N) is 2. The van der Waals surface area contributed by atoms with Crippen LogP contribution in [0.25, 0.3) is 0 Å². The summed E-state index contributed by atoms with van der Waals surface area (Å²) in [5.74, 6) is 0.736. The molecule has 0 spiro atoms. The summed E-state index contributed by atoms with van der Waals surface area (Å²) in [5.41, 5.74) is 0.713. The van der Waals surface area contributed by atoms with Crippen LogP contribution in [0.15, 0.2) is 29.3 Å². The van der Waals surface area contributed by atoms with Gasteiger partial charge >= 0.3 is 0 Å². The Morgan fingerprint density at radius 2 is 1.96 bits per heavy atom. The van der Waals surface area contributed by atoms with Crippen molar-refractivity contribution in [1.82, 2.24) is 15.5 Å². The lowest BCUT2D eigenvalue weighted by atomic mass is 9.95. The summed E-state index contributed by atoms with van der Waals surface area (Å²) in [4.78, 5) is 7.11. The van der Waals surface area contributed by atoms with Crippen LogP contribution in [0.2, 0.25) is 0 Å². The second-order valence-electron chi connectivity index (χ2n) is 7.66. The third-order valence-corrected chi connectivity index (χ3v) is 5.29. The highest BCUT2D eigenvalue weighted by atomic mass is 19.1. The van der Waals surface area contributed by atoms with Crippen molar-refractivity contribution in [2.75, 3.05) is 33.2 Å². The average Bonchev–Trinajstić information content (AvgIpc) is 3.40. The molecule has 0 unspecified atom stereocenters. The molecule has 146 valence electrons. The first kappa shape index (κ1) is 20.7. The zero-order valence-electron chi connectivity index (χ0n) is 16.8. The third kappa shape index (κ3) is 5.97. The summed E-state index contributed by atoms with van der Waals surface area (Å²) in [5, 5.41) is 6.72. The number of nitrogens with one attached hydrogen (secondary N) is 2. The van der Waals surface area contributed by atoms with Gasteiger partial charge in [0.05, 0.1) is 6.54 Å². The smallest absolute Gasteiger partial charge is 0.191 e. The molecule has 0 saturated heterocycles. The van der Waals surface area contributed by atoms with Gasteiger partial charge in [0.15, 0.2) is 5.96 Å². The highest BCUT2D eigenvalue weighted by Gasteiger charge is 2.45. The minimum absolute atomic E-state index is 0.104. The van der Waals surface area contributed by atoms with Gasteiger partial charge < -0.3 is 15.5 Å². The number of hydrogen-bond donors (Lipinski definition) is 2. The topological polar surface area (TPSA) is 39.7 Å². The quantitative estimate of drug-likeness (QED) is 0.380. The molecule has 2 rings (SSSR count). The Labute approximate surface area is 158 Å². The number of guanidine groups is 1. The van der Waals surface area contributed by atoms with Crippen LogP contribution in [0.4, 0.5) is 4.39 Å². The van der Waals surface area contributed by atoms with Crippen molar-refractivity contribution in [1.29, 1.82) is 0 Å². The van der Waals surface area contributed by atoms with E-state index in [-0.39, 0.29) is 11.2 Å². The van der Waals surface area contributed by atoms with Crippen molar-refractivity contribution in [2.24, 2.45) is 4.99 Å². The fraction of sp³-hybridized carbons (Fsp3) is 0.667. The molecule has 2 N–H and O–H groups in total. The first-order chi connectivity index (χ1) is 12.5. The highest BCUT2D eigenvalue weighted by Crippen LogP contribution is 2.49. The molecule has 1 aromatic rings. The normalized spacial score (nSPS) is 16.2. The number of benzene rings is 1. The van der Waals surface area contributed by atoms with E-state index < -0.39 is 0 Å². The molecule has 4 nitrogen and oxygen atoms in total. The summed E-state index contributed by atoms with van der Waals surface area (Å²) in [6.07, 6.45) is 4.30. The zero-order valence-corrected chi connectivity index (χ0v) is 16.8. The van der Waals surface area contributed by atoms with E-state index >= 15 is 0 Å². The van der Waals surface area contributed by atoms with Crippen molar-refractivity contribution in [3.8, 4) is 0 Å². The maximum absolute atomic E-state index is 14.1. The van der Waals surface area contributed by atoms with Crippen LogP contribution >= 0.6 is 0 Å². The van der Waals surface area contributed by atoms with Gasteiger partial charge in [-0.05, 0) is 71.7 Å². The molecule has 1 saturated carbocycles. The Kier molecular flexibility index (Phi) is 7.88. The summed E-state index contributed by atoms with van der Waals surface area (Å²) in [7, 11) is 2.17. The van der Waals surface area contributed by atoms with Crippen LogP contribution in [0.3, 0.4) is 0 Å². The molecule has 1 aliphatic rings. The van der Waals surface area contributed by atoms with E-state index in [4.69, 9.17) is 4.99 Å². The number of halogens is 1. The molecule has 0 bridgehead atoms. The van der Waals surface area contributed by atoms with Crippen molar-refractivity contribution >= 4 is 5.96 Å². The van der Waals surface area contributed by atoms with Gasteiger partial charge in [-0.1, -0.05) is 18.2 Å². The molecule has 0 radical (unpaired) electrons. The fourth-order valence-electron chi connectivity index (χ4n) is 3.08. The second-order valence-corrected chi connectivity index (χ2v) is 7.66. The molecule has 0 aromatic heterocycles. The van der Waals surface area contributed by atoms with E-state index in [0.29, 0.717) is 12.6 Å². The molecule has 1 aromatic carbocycles. The van der Waals surface area contributed by atoms with Crippen molar-refractivity contribution in [3.63, 3.8) is 0 Å². The van der Waals surface area contributed by atoms with Crippen LogP contribution in [-0.2, 0) is 5.41 Å². The Morgan fingerprint density at radius 1 is 1.23 bits per heavy atom. The van der Waals surface area contributed by atoms with E-state index in [1.807, 2.05) is 12.1 Å². The molecule has 0 aliphatic heterocycles. The summed E-state index contributed by atoms with van der Waals surface area (Å²) in [6, 6.07) is 7.72. The lowest BCUT2D eigenvalue weighted by Gasteiger charge is -2.21. The average molecular weight is 363 g/mol. The molecular formula is C21H35FN4. The molecule has 1 fully saturated rings. The lowest BCUT2D eigenvalue weighted by molar-refractivity contribution is 0.268. The Bertz CT molecular complexity index is 581. The van der Waals surface area contributed by atoms with Gasteiger partial charge in [-0.2, -0.15) is 0 Å². The predicted molar refractivity (Wildman–Crippen MR) is 108 cm³/mol.